The molecule has 3 atom stereocenters. The largest absolute Gasteiger partial charge is 0.494 e. The summed E-state index contributed by atoms with van der Waals surface area (Å²) < 4.78 is 7.16. The molecule has 3 fully saturated rings. The van der Waals surface area contributed by atoms with Crippen LogP contribution in [0, 0.1) is 26.7 Å². The number of fused-ring (bicyclic) bond motifs is 2. The standard InChI is InChI=1S/C17H23IO/c1-17(2)13-4-3-12(16(17)11-13)9-10-19-15-7-5-14(18)6-8-15/h5-8,12-13,16H,3-4,9-11H2,1-2H3. The smallest absolute Gasteiger partial charge is 0.119 e. The van der Waals surface area contributed by atoms with Crippen molar-refractivity contribution in [2.45, 2.75) is 39.5 Å². The van der Waals surface area contributed by atoms with Crippen LogP contribution >= 0.6 is 22.6 Å². The minimum Gasteiger partial charge on any atom is -0.494 e. The molecule has 0 spiro atoms. The molecule has 3 aliphatic rings. The Bertz CT molecular complexity index is 435. The summed E-state index contributed by atoms with van der Waals surface area (Å²) in [6, 6.07) is 8.37. The SMILES string of the molecule is CC1(C)C2CCC(CCOc3ccc(I)cc3)C1C2. The van der Waals surface area contributed by atoms with Crippen molar-refractivity contribution in [1.82, 2.24) is 0 Å². The average molecular weight is 370 g/mol. The first-order valence-corrected chi connectivity index (χ1v) is 8.53. The summed E-state index contributed by atoms with van der Waals surface area (Å²) in [5.41, 5.74) is 0.603. The highest BCUT2D eigenvalue weighted by atomic mass is 127. The van der Waals surface area contributed by atoms with Crippen LogP contribution in [-0.2, 0) is 0 Å². The first-order chi connectivity index (χ1) is 9.07. The molecule has 0 N–H and O–H groups in total. The Kier molecular flexibility index (Phi) is 3.80. The summed E-state index contributed by atoms with van der Waals surface area (Å²) in [4.78, 5) is 0. The maximum absolute atomic E-state index is 5.89. The summed E-state index contributed by atoms with van der Waals surface area (Å²) in [5.74, 6) is 3.86. The van der Waals surface area contributed by atoms with E-state index in [-0.39, 0.29) is 0 Å². The lowest BCUT2D eigenvalue weighted by molar-refractivity contribution is -0.108. The fourth-order valence-corrected chi connectivity index (χ4v) is 4.53. The van der Waals surface area contributed by atoms with Crippen LogP contribution in [0.2, 0.25) is 0 Å². The number of ether oxygens (including phenoxy) is 1. The van der Waals surface area contributed by atoms with Crippen LogP contribution in [-0.4, -0.2) is 6.61 Å². The van der Waals surface area contributed by atoms with Gasteiger partial charge in [-0.05, 0) is 95.7 Å². The molecule has 0 saturated heterocycles. The molecule has 2 bridgehead atoms. The molecule has 0 aliphatic heterocycles. The van der Waals surface area contributed by atoms with Gasteiger partial charge in [0.15, 0.2) is 0 Å². The lowest BCUT2D eigenvalue weighted by Gasteiger charge is -2.60. The summed E-state index contributed by atoms with van der Waals surface area (Å²) in [6.07, 6.45) is 5.57. The fraction of sp³-hybridized carbons (Fsp3) is 0.647. The van der Waals surface area contributed by atoms with Gasteiger partial charge in [0.25, 0.3) is 0 Å². The van der Waals surface area contributed by atoms with Crippen molar-refractivity contribution >= 4 is 22.6 Å². The first kappa shape index (κ1) is 13.7. The number of rotatable bonds is 4. The van der Waals surface area contributed by atoms with Crippen molar-refractivity contribution < 1.29 is 4.74 Å². The van der Waals surface area contributed by atoms with Gasteiger partial charge >= 0.3 is 0 Å². The van der Waals surface area contributed by atoms with Crippen molar-refractivity contribution in [2.75, 3.05) is 6.61 Å². The van der Waals surface area contributed by atoms with Crippen molar-refractivity contribution in [3.05, 3.63) is 27.8 Å². The van der Waals surface area contributed by atoms with Gasteiger partial charge in [0.1, 0.15) is 5.75 Å². The van der Waals surface area contributed by atoms with Gasteiger partial charge in [-0.2, -0.15) is 0 Å². The molecule has 104 valence electrons. The molecule has 1 nitrogen and oxygen atoms in total. The van der Waals surface area contributed by atoms with Crippen LogP contribution in [0.25, 0.3) is 0 Å². The van der Waals surface area contributed by atoms with Crippen LogP contribution in [0.4, 0.5) is 0 Å². The van der Waals surface area contributed by atoms with Crippen molar-refractivity contribution in [3.8, 4) is 5.75 Å². The highest BCUT2D eigenvalue weighted by molar-refractivity contribution is 14.1. The Hall–Kier alpha value is -0.250. The zero-order valence-corrected chi connectivity index (χ0v) is 14.0. The van der Waals surface area contributed by atoms with E-state index >= 15 is 0 Å². The zero-order chi connectivity index (χ0) is 13.5. The molecule has 3 saturated carbocycles. The predicted octanol–water partition coefficient (Wildman–Crippen LogP) is 5.13. The molecule has 3 aliphatic carbocycles. The Morgan fingerprint density at radius 3 is 2.58 bits per heavy atom. The third kappa shape index (κ3) is 2.65. The van der Waals surface area contributed by atoms with E-state index in [0.717, 1.165) is 30.1 Å². The Morgan fingerprint density at radius 2 is 1.95 bits per heavy atom. The van der Waals surface area contributed by atoms with Gasteiger partial charge in [0.05, 0.1) is 6.61 Å². The second-order valence-electron chi connectivity index (χ2n) is 6.79. The predicted molar refractivity (Wildman–Crippen MR) is 87.4 cm³/mol. The molecule has 3 unspecified atom stereocenters. The van der Waals surface area contributed by atoms with Crippen molar-refractivity contribution in [2.24, 2.45) is 23.2 Å². The lowest BCUT2D eigenvalue weighted by atomic mass is 9.45. The number of benzene rings is 1. The van der Waals surface area contributed by atoms with Gasteiger partial charge in [0.2, 0.25) is 0 Å². The second kappa shape index (κ2) is 5.27. The van der Waals surface area contributed by atoms with Crippen LogP contribution in [0.5, 0.6) is 5.75 Å². The summed E-state index contributed by atoms with van der Waals surface area (Å²) in [7, 11) is 0. The second-order valence-corrected chi connectivity index (χ2v) is 8.03. The number of halogens is 1. The first-order valence-electron chi connectivity index (χ1n) is 7.46. The van der Waals surface area contributed by atoms with Crippen LogP contribution in [0.1, 0.15) is 39.5 Å². The lowest BCUT2D eigenvalue weighted by Crippen LogP contribution is -2.52. The number of hydrogen-bond donors (Lipinski definition) is 0. The van der Waals surface area contributed by atoms with Gasteiger partial charge in [-0.3, -0.25) is 0 Å². The third-order valence-electron chi connectivity index (χ3n) is 5.57. The molecular formula is C17H23IO. The van der Waals surface area contributed by atoms with Gasteiger partial charge in [-0.1, -0.05) is 13.8 Å². The molecule has 2 heteroatoms. The minimum absolute atomic E-state index is 0.603. The average Bonchev–Trinajstić information content (AvgIpc) is 2.41. The van der Waals surface area contributed by atoms with Gasteiger partial charge in [0, 0.05) is 3.57 Å². The van der Waals surface area contributed by atoms with E-state index in [1.165, 1.54) is 29.3 Å². The molecule has 0 heterocycles. The Morgan fingerprint density at radius 1 is 1.21 bits per heavy atom. The minimum atomic E-state index is 0.603. The molecular weight excluding hydrogens is 347 g/mol. The quantitative estimate of drug-likeness (QED) is 0.668. The van der Waals surface area contributed by atoms with Crippen molar-refractivity contribution in [1.29, 1.82) is 0 Å². The normalized spacial score (nSPS) is 31.6. The molecule has 0 radical (unpaired) electrons. The van der Waals surface area contributed by atoms with Gasteiger partial charge in [-0.25, -0.2) is 0 Å². The summed E-state index contributed by atoms with van der Waals surface area (Å²) in [5, 5.41) is 0. The Labute approximate surface area is 130 Å². The number of hydrogen-bond acceptors (Lipinski definition) is 1. The highest BCUT2D eigenvalue weighted by Crippen LogP contribution is 2.61. The molecule has 4 rings (SSSR count). The molecule has 1 aromatic carbocycles. The van der Waals surface area contributed by atoms with Crippen molar-refractivity contribution in [3.63, 3.8) is 0 Å². The van der Waals surface area contributed by atoms with Crippen LogP contribution in [0.15, 0.2) is 24.3 Å². The Balaban J connectivity index is 1.49. The van der Waals surface area contributed by atoms with Crippen LogP contribution in [0.3, 0.4) is 0 Å². The maximum Gasteiger partial charge on any atom is 0.119 e. The molecule has 19 heavy (non-hydrogen) atoms. The molecule has 1 aromatic rings. The van der Waals surface area contributed by atoms with E-state index in [9.17, 15) is 0 Å². The zero-order valence-electron chi connectivity index (χ0n) is 11.9. The van der Waals surface area contributed by atoms with E-state index in [1.807, 2.05) is 0 Å². The van der Waals surface area contributed by atoms with Gasteiger partial charge < -0.3 is 4.74 Å². The van der Waals surface area contributed by atoms with E-state index in [1.54, 1.807) is 0 Å². The van der Waals surface area contributed by atoms with E-state index in [4.69, 9.17) is 4.74 Å². The topological polar surface area (TPSA) is 9.23 Å². The molecule has 0 amide bonds. The fourth-order valence-electron chi connectivity index (χ4n) is 4.17. The highest BCUT2D eigenvalue weighted by Gasteiger charge is 2.53. The maximum atomic E-state index is 5.89. The van der Waals surface area contributed by atoms with E-state index in [0.29, 0.717) is 5.41 Å². The van der Waals surface area contributed by atoms with E-state index < -0.39 is 0 Å². The van der Waals surface area contributed by atoms with Crippen LogP contribution < -0.4 is 4.74 Å². The summed E-state index contributed by atoms with van der Waals surface area (Å²) in [6.45, 7) is 5.82. The van der Waals surface area contributed by atoms with Gasteiger partial charge in [-0.15, -0.1) is 0 Å². The summed E-state index contributed by atoms with van der Waals surface area (Å²) >= 11 is 2.33. The van der Waals surface area contributed by atoms with E-state index in [2.05, 4.69) is 60.7 Å². The monoisotopic (exact) mass is 370 g/mol. The third-order valence-corrected chi connectivity index (χ3v) is 6.29. The molecule has 0 aromatic heterocycles.